The van der Waals surface area contributed by atoms with Crippen LogP contribution in [0.3, 0.4) is 0 Å². The number of ether oxygens (including phenoxy) is 1. The Morgan fingerprint density at radius 2 is 2.05 bits per heavy atom. The maximum absolute atomic E-state index is 12.4. The van der Waals surface area contributed by atoms with E-state index in [4.69, 9.17) is 4.74 Å². The number of rotatable bonds is 4. The fourth-order valence-electron chi connectivity index (χ4n) is 3.45. The molecular weight excluding hydrogens is 328 g/mol. The van der Waals surface area contributed by atoms with Crippen LogP contribution in [-0.4, -0.2) is 12.9 Å². The molecule has 1 aliphatic carbocycles. The lowest BCUT2D eigenvalue weighted by Crippen LogP contribution is -2.36. The van der Waals surface area contributed by atoms with Crippen molar-refractivity contribution >= 4 is 21.7 Å². The molecule has 1 aliphatic rings. The van der Waals surface area contributed by atoms with E-state index in [1.54, 1.807) is 7.11 Å². The van der Waals surface area contributed by atoms with Crippen molar-refractivity contribution in [2.75, 3.05) is 7.11 Å². The molecule has 0 saturated heterocycles. The van der Waals surface area contributed by atoms with Gasteiger partial charge in [-0.15, -0.1) is 0 Å². The van der Waals surface area contributed by atoms with Gasteiger partial charge in [-0.2, -0.15) is 0 Å². The molecule has 116 valence electrons. The molecule has 3 heteroatoms. The van der Waals surface area contributed by atoms with Gasteiger partial charge in [-0.3, -0.25) is 4.79 Å². The molecule has 1 saturated carbocycles. The van der Waals surface area contributed by atoms with Crippen molar-refractivity contribution in [1.82, 2.24) is 0 Å². The van der Waals surface area contributed by atoms with Gasteiger partial charge in [0.05, 0.1) is 7.11 Å². The second-order valence-corrected chi connectivity index (χ2v) is 7.88. The van der Waals surface area contributed by atoms with Gasteiger partial charge in [0.25, 0.3) is 0 Å². The van der Waals surface area contributed by atoms with Gasteiger partial charge < -0.3 is 4.74 Å². The molecule has 1 fully saturated rings. The second-order valence-electron chi connectivity index (χ2n) is 7.03. The lowest BCUT2D eigenvalue weighted by molar-refractivity contribution is -0.129. The first-order valence-electron chi connectivity index (χ1n) is 7.68. The van der Waals surface area contributed by atoms with Crippen molar-refractivity contribution in [2.45, 2.75) is 46.5 Å². The third-order valence-electron chi connectivity index (χ3n) is 4.73. The third kappa shape index (κ3) is 3.88. The summed E-state index contributed by atoms with van der Waals surface area (Å²) in [5, 5.41) is 0. The van der Waals surface area contributed by atoms with Crippen LogP contribution in [0, 0.1) is 17.3 Å². The zero-order valence-corrected chi connectivity index (χ0v) is 15.0. The third-order valence-corrected chi connectivity index (χ3v) is 5.50. The van der Waals surface area contributed by atoms with Crippen molar-refractivity contribution in [3.05, 3.63) is 28.2 Å². The molecule has 0 aromatic heterocycles. The quantitative estimate of drug-likeness (QED) is 0.759. The second kappa shape index (κ2) is 6.51. The highest BCUT2D eigenvalue weighted by atomic mass is 79.9. The van der Waals surface area contributed by atoms with Crippen molar-refractivity contribution < 1.29 is 9.53 Å². The summed E-state index contributed by atoms with van der Waals surface area (Å²) in [6.45, 7) is 6.62. The fraction of sp³-hybridized carbons (Fsp3) is 0.611. The minimum absolute atomic E-state index is 0.0217. The summed E-state index contributed by atoms with van der Waals surface area (Å²) in [5.74, 6) is 2.03. The number of halogens is 1. The Morgan fingerprint density at radius 3 is 2.67 bits per heavy atom. The number of carbonyl (C=O) groups excluding carboxylic acids is 1. The van der Waals surface area contributed by atoms with Gasteiger partial charge in [-0.1, -0.05) is 36.7 Å². The number of Topliss-reactive ketones (excluding diaryl/α,β-unsaturated/α-hetero) is 1. The molecule has 2 nitrogen and oxygen atoms in total. The van der Waals surface area contributed by atoms with E-state index in [1.807, 2.05) is 12.1 Å². The molecule has 2 rings (SSSR count). The monoisotopic (exact) mass is 352 g/mol. The lowest BCUT2D eigenvalue weighted by atomic mass is 9.66. The first-order valence-corrected chi connectivity index (χ1v) is 8.48. The smallest absolute Gasteiger partial charge is 0.136 e. The standard InChI is InChI=1S/C18H25BrO2/c1-12-5-7-15(17(20)9-12)18(2,3)11-13-10-14(21-4)6-8-16(13)19/h6,8,10,12,15H,5,7,9,11H2,1-4H3. The zero-order chi connectivity index (χ0) is 15.6. The van der Waals surface area contributed by atoms with Crippen LogP contribution in [0.2, 0.25) is 0 Å². The molecule has 21 heavy (non-hydrogen) atoms. The van der Waals surface area contributed by atoms with Crippen molar-refractivity contribution in [3.8, 4) is 5.75 Å². The van der Waals surface area contributed by atoms with Crippen molar-refractivity contribution in [1.29, 1.82) is 0 Å². The summed E-state index contributed by atoms with van der Waals surface area (Å²) in [6.07, 6.45) is 3.82. The van der Waals surface area contributed by atoms with Gasteiger partial charge in [0.2, 0.25) is 0 Å². The van der Waals surface area contributed by atoms with Gasteiger partial charge in [0, 0.05) is 16.8 Å². The van der Waals surface area contributed by atoms with Crippen LogP contribution in [0.25, 0.3) is 0 Å². The number of hydrogen-bond acceptors (Lipinski definition) is 2. The Balaban J connectivity index is 2.19. The Hall–Kier alpha value is -0.830. The molecule has 0 aliphatic heterocycles. The predicted molar refractivity (Wildman–Crippen MR) is 89.7 cm³/mol. The highest BCUT2D eigenvalue weighted by Crippen LogP contribution is 2.41. The number of carbonyl (C=O) groups is 1. The molecule has 0 N–H and O–H groups in total. The maximum atomic E-state index is 12.4. The fourth-order valence-corrected chi connectivity index (χ4v) is 3.84. The number of methoxy groups -OCH3 is 1. The summed E-state index contributed by atoms with van der Waals surface area (Å²) >= 11 is 3.62. The van der Waals surface area contributed by atoms with E-state index in [9.17, 15) is 4.79 Å². The molecule has 0 bridgehead atoms. The van der Waals surface area contributed by atoms with Crippen LogP contribution < -0.4 is 4.74 Å². The topological polar surface area (TPSA) is 26.3 Å². The predicted octanol–water partition coefficient (Wildman–Crippen LogP) is 5.03. The molecule has 1 aromatic carbocycles. The van der Waals surface area contributed by atoms with Gasteiger partial charge in [-0.25, -0.2) is 0 Å². The maximum Gasteiger partial charge on any atom is 0.136 e. The highest BCUT2D eigenvalue weighted by molar-refractivity contribution is 9.10. The summed E-state index contributed by atoms with van der Waals surface area (Å²) in [7, 11) is 1.68. The Morgan fingerprint density at radius 1 is 1.33 bits per heavy atom. The minimum Gasteiger partial charge on any atom is -0.497 e. The largest absolute Gasteiger partial charge is 0.497 e. The molecule has 2 atom stereocenters. The molecule has 0 amide bonds. The molecule has 0 radical (unpaired) electrons. The van der Waals surface area contributed by atoms with Crippen LogP contribution >= 0.6 is 15.9 Å². The van der Waals surface area contributed by atoms with E-state index in [2.05, 4.69) is 42.8 Å². The van der Waals surface area contributed by atoms with E-state index in [-0.39, 0.29) is 11.3 Å². The first kappa shape index (κ1) is 16.5. The van der Waals surface area contributed by atoms with Gasteiger partial charge in [-0.05, 0) is 54.4 Å². The number of benzene rings is 1. The van der Waals surface area contributed by atoms with Crippen LogP contribution in [0.5, 0.6) is 5.75 Å². The zero-order valence-electron chi connectivity index (χ0n) is 13.4. The van der Waals surface area contributed by atoms with E-state index in [1.165, 1.54) is 12.0 Å². The summed E-state index contributed by atoms with van der Waals surface area (Å²) in [6, 6.07) is 6.05. The average Bonchev–Trinajstić information content (AvgIpc) is 2.40. The van der Waals surface area contributed by atoms with Crippen LogP contribution in [0.15, 0.2) is 22.7 Å². The summed E-state index contributed by atoms with van der Waals surface area (Å²) in [5.41, 5.74) is 1.19. The molecular formula is C18H25BrO2. The van der Waals surface area contributed by atoms with E-state index >= 15 is 0 Å². The van der Waals surface area contributed by atoms with E-state index < -0.39 is 0 Å². The molecule has 0 heterocycles. The number of hydrogen-bond donors (Lipinski definition) is 0. The van der Waals surface area contributed by atoms with E-state index in [0.717, 1.165) is 29.5 Å². The molecule has 0 spiro atoms. The lowest BCUT2D eigenvalue weighted by Gasteiger charge is -2.38. The highest BCUT2D eigenvalue weighted by Gasteiger charge is 2.38. The molecule has 1 aromatic rings. The summed E-state index contributed by atoms with van der Waals surface area (Å²) in [4.78, 5) is 12.4. The summed E-state index contributed by atoms with van der Waals surface area (Å²) < 4.78 is 6.41. The van der Waals surface area contributed by atoms with Crippen LogP contribution in [0.1, 0.15) is 45.6 Å². The Bertz CT molecular complexity index is 522. The van der Waals surface area contributed by atoms with Crippen molar-refractivity contribution in [3.63, 3.8) is 0 Å². The molecule has 2 unspecified atom stereocenters. The van der Waals surface area contributed by atoms with Gasteiger partial charge in [0.15, 0.2) is 0 Å². The normalized spacial score (nSPS) is 23.2. The van der Waals surface area contributed by atoms with Crippen LogP contribution in [-0.2, 0) is 11.2 Å². The first-order chi connectivity index (χ1) is 9.83. The van der Waals surface area contributed by atoms with Crippen molar-refractivity contribution in [2.24, 2.45) is 17.3 Å². The Labute approximate surface area is 136 Å². The SMILES string of the molecule is COc1ccc(Br)c(CC(C)(C)C2CCC(C)CC2=O)c1. The van der Waals surface area contributed by atoms with E-state index in [0.29, 0.717) is 11.7 Å². The van der Waals surface area contributed by atoms with Crippen LogP contribution in [0.4, 0.5) is 0 Å². The van der Waals surface area contributed by atoms with Gasteiger partial charge >= 0.3 is 0 Å². The van der Waals surface area contributed by atoms with Gasteiger partial charge in [0.1, 0.15) is 11.5 Å². The Kier molecular flexibility index (Phi) is 5.13. The average molecular weight is 353 g/mol. The minimum atomic E-state index is -0.0217. The number of ketones is 1.